The van der Waals surface area contributed by atoms with Crippen molar-refractivity contribution in [3.63, 3.8) is 0 Å². The molecule has 0 radical (unpaired) electrons. The van der Waals surface area contributed by atoms with Crippen molar-refractivity contribution in [3.8, 4) is 22.9 Å². The van der Waals surface area contributed by atoms with Crippen molar-refractivity contribution >= 4 is 39.1 Å². The number of benzene rings is 3. The van der Waals surface area contributed by atoms with Crippen LogP contribution in [0.2, 0.25) is 5.02 Å². The number of phenolic OH excluding ortho intramolecular Hbond substituents is 1. The zero-order chi connectivity index (χ0) is 28.5. The van der Waals surface area contributed by atoms with E-state index in [-0.39, 0.29) is 27.9 Å². The van der Waals surface area contributed by atoms with Gasteiger partial charge in [-0.2, -0.15) is 9.97 Å². The van der Waals surface area contributed by atoms with Crippen LogP contribution < -0.4 is 15.0 Å². The first kappa shape index (κ1) is 27.7. The molecule has 41 heavy (non-hydrogen) atoms. The number of piperazine rings is 1. The molecular weight excluding hydrogens is 541 g/mol. The van der Waals surface area contributed by atoms with E-state index in [4.69, 9.17) is 21.3 Å². The van der Waals surface area contributed by atoms with E-state index in [1.807, 2.05) is 30.3 Å². The van der Waals surface area contributed by atoms with Gasteiger partial charge in [0.1, 0.15) is 17.1 Å². The Kier molecular flexibility index (Phi) is 7.97. The van der Waals surface area contributed by atoms with Gasteiger partial charge in [-0.3, -0.25) is 0 Å². The van der Waals surface area contributed by atoms with Gasteiger partial charge in [-0.25, -0.2) is 4.39 Å². The number of anilines is 1. The van der Waals surface area contributed by atoms with Crippen LogP contribution in [0.1, 0.15) is 25.7 Å². The van der Waals surface area contributed by atoms with Crippen LogP contribution in [0.15, 0.2) is 55.1 Å². The summed E-state index contributed by atoms with van der Waals surface area (Å²) in [4.78, 5) is 13.8. The summed E-state index contributed by atoms with van der Waals surface area (Å²) >= 11 is 6.83. The second-order valence-corrected chi connectivity index (χ2v) is 11.5. The maximum Gasteiger partial charge on any atom is 0.319 e. The molecule has 2 atom stereocenters. The minimum absolute atomic E-state index is 0.0380. The maximum absolute atomic E-state index is 16.6. The van der Waals surface area contributed by atoms with Crippen molar-refractivity contribution in [2.75, 3.05) is 44.7 Å². The zero-order valence-corrected chi connectivity index (χ0v) is 24.0. The fourth-order valence-corrected chi connectivity index (χ4v) is 6.40. The van der Waals surface area contributed by atoms with Crippen molar-refractivity contribution < 1.29 is 14.2 Å². The first-order chi connectivity index (χ1) is 19.9. The van der Waals surface area contributed by atoms with Crippen LogP contribution in [0.5, 0.6) is 11.8 Å². The topological polar surface area (TPSA) is 73.8 Å². The van der Waals surface area contributed by atoms with Gasteiger partial charge in [0.15, 0.2) is 5.82 Å². The Bertz CT molecular complexity index is 1590. The van der Waals surface area contributed by atoms with E-state index in [0.717, 1.165) is 62.6 Å². The van der Waals surface area contributed by atoms with Gasteiger partial charge >= 0.3 is 6.01 Å². The molecule has 2 unspecified atom stereocenters. The highest BCUT2D eigenvalue weighted by atomic mass is 35.5. The highest BCUT2D eigenvalue weighted by Crippen LogP contribution is 2.42. The van der Waals surface area contributed by atoms with Crippen molar-refractivity contribution in [3.05, 3.63) is 66.0 Å². The van der Waals surface area contributed by atoms with E-state index >= 15 is 4.39 Å². The molecule has 2 saturated heterocycles. The summed E-state index contributed by atoms with van der Waals surface area (Å²) in [5.74, 6) is 0.120. The van der Waals surface area contributed by atoms with Gasteiger partial charge in [-0.05, 0) is 67.3 Å². The number of aromatic nitrogens is 2. The highest BCUT2D eigenvalue weighted by molar-refractivity contribution is 6.35. The molecule has 9 heteroatoms. The molecule has 0 aliphatic carbocycles. The molecule has 7 nitrogen and oxygen atoms in total. The zero-order valence-electron chi connectivity index (χ0n) is 23.2. The number of aromatic hydroxyl groups is 1. The van der Waals surface area contributed by atoms with Crippen molar-refractivity contribution in [1.82, 2.24) is 20.2 Å². The lowest BCUT2D eigenvalue weighted by Gasteiger charge is -2.34. The second kappa shape index (κ2) is 11.8. The Morgan fingerprint density at radius 1 is 1.15 bits per heavy atom. The van der Waals surface area contributed by atoms with Crippen LogP contribution in [-0.4, -0.2) is 71.9 Å². The largest absolute Gasteiger partial charge is 0.508 e. The number of ether oxygens (including phenoxy) is 1. The van der Waals surface area contributed by atoms with E-state index in [2.05, 4.69) is 33.7 Å². The lowest BCUT2D eigenvalue weighted by atomic mass is 9.96. The standard InChI is InChI=1S/C32H35ClFN5O2/c1-3-4-12-38(2)13-7-14-41-32-36-30-26(31(37-32)39-18-21-10-11-22(19-39)35-21)17-27(33)28(29(30)34)25-16-23(40)15-20-8-5-6-9-24(20)25/h3,5-6,8-9,15-17,21-22,35,40H,1,4,7,10-14,18-19H2,2H3. The number of phenols is 1. The Labute approximate surface area is 244 Å². The van der Waals surface area contributed by atoms with Crippen LogP contribution in [0.3, 0.4) is 0 Å². The summed E-state index contributed by atoms with van der Waals surface area (Å²) in [6.07, 6.45) is 5.84. The van der Waals surface area contributed by atoms with Crippen LogP contribution in [-0.2, 0) is 0 Å². The van der Waals surface area contributed by atoms with E-state index < -0.39 is 5.82 Å². The summed E-state index contributed by atoms with van der Waals surface area (Å²) in [5, 5.41) is 16.5. The molecular formula is C32H35ClFN5O2. The molecule has 2 aliphatic heterocycles. The molecule has 0 amide bonds. The molecule has 2 aliphatic rings. The number of fused-ring (bicyclic) bond motifs is 4. The molecule has 3 aromatic carbocycles. The van der Waals surface area contributed by atoms with Crippen molar-refractivity contribution in [2.24, 2.45) is 0 Å². The van der Waals surface area contributed by atoms with Crippen LogP contribution in [0.4, 0.5) is 10.2 Å². The second-order valence-electron chi connectivity index (χ2n) is 11.1. The SMILES string of the molecule is C=CCCN(C)CCCOc1nc(N2CC3CCC(C2)N3)c2cc(Cl)c(-c3cc(O)cc4ccccc34)c(F)c2n1. The normalized spacial score (nSPS) is 18.5. The van der Waals surface area contributed by atoms with E-state index in [9.17, 15) is 5.11 Å². The van der Waals surface area contributed by atoms with Crippen LogP contribution >= 0.6 is 11.6 Å². The van der Waals surface area contributed by atoms with Gasteiger partial charge < -0.3 is 25.0 Å². The minimum atomic E-state index is -0.556. The molecule has 6 rings (SSSR count). The summed E-state index contributed by atoms with van der Waals surface area (Å²) < 4.78 is 22.7. The predicted octanol–water partition coefficient (Wildman–Crippen LogP) is 6.17. The van der Waals surface area contributed by atoms with E-state index in [0.29, 0.717) is 35.5 Å². The average Bonchev–Trinajstić information content (AvgIpc) is 3.31. The monoisotopic (exact) mass is 575 g/mol. The van der Waals surface area contributed by atoms with Crippen molar-refractivity contribution in [2.45, 2.75) is 37.8 Å². The van der Waals surface area contributed by atoms with Crippen LogP contribution in [0.25, 0.3) is 32.8 Å². The van der Waals surface area contributed by atoms with E-state index in [1.54, 1.807) is 18.2 Å². The molecule has 2 bridgehead atoms. The van der Waals surface area contributed by atoms with Crippen molar-refractivity contribution in [1.29, 1.82) is 0 Å². The van der Waals surface area contributed by atoms with Crippen LogP contribution in [0, 0.1) is 5.82 Å². The van der Waals surface area contributed by atoms with Gasteiger partial charge in [0.05, 0.1) is 11.6 Å². The van der Waals surface area contributed by atoms with Gasteiger partial charge in [-0.1, -0.05) is 41.9 Å². The Hall–Kier alpha value is -3.46. The summed E-state index contributed by atoms with van der Waals surface area (Å²) in [5.41, 5.74) is 0.868. The Morgan fingerprint density at radius 2 is 1.93 bits per heavy atom. The molecule has 214 valence electrons. The fourth-order valence-electron chi connectivity index (χ4n) is 6.11. The van der Waals surface area contributed by atoms with Gasteiger partial charge in [-0.15, -0.1) is 6.58 Å². The predicted molar refractivity (Wildman–Crippen MR) is 164 cm³/mol. The lowest BCUT2D eigenvalue weighted by Crippen LogP contribution is -2.51. The molecule has 3 heterocycles. The molecule has 0 spiro atoms. The van der Waals surface area contributed by atoms with Gasteiger partial charge in [0.25, 0.3) is 0 Å². The first-order valence-electron chi connectivity index (χ1n) is 14.3. The average molecular weight is 576 g/mol. The maximum atomic E-state index is 16.6. The number of nitrogens with one attached hydrogen (secondary N) is 1. The van der Waals surface area contributed by atoms with Gasteiger partial charge in [0.2, 0.25) is 0 Å². The number of halogens is 2. The molecule has 4 aromatic rings. The van der Waals surface area contributed by atoms with E-state index in [1.165, 1.54) is 0 Å². The quantitative estimate of drug-likeness (QED) is 0.173. The molecule has 2 N–H and O–H groups in total. The summed E-state index contributed by atoms with van der Waals surface area (Å²) in [6.45, 7) is 7.53. The Balaban J connectivity index is 1.41. The summed E-state index contributed by atoms with van der Waals surface area (Å²) in [7, 11) is 2.07. The number of rotatable bonds is 10. The molecule has 0 saturated carbocycles. The third kappa shape index (κ3) is 5.69. The van der Waals surface area contributed by atoms with Gasteiger partial charge in [0, 0.05) is 49.2 Å². The third-order valence-electron chi connectivity index (χ3n) is 8.10. The highest BCUT2D eigenvalue weighted by Gasteiger charge is 2.34. The minimum Gasteiger partial charge on any atom is -0.508 e. The lowest BCUT2D eigenvalue weighted by molar-refractivity contribution is 0.251. The summed E-state index contributed by atoms with van der Waals surface area (Å²) in [6, 6.07) is 13.4. The molecule has 2 fully saturated rings. The first-order valence-corrected chi connectivity index (χ1v) is 14.6. The number of hydrogen-bond donors (Lipinski definition) is 2. The number of nitrogens with zero attached hydrogens (tertiary/aromatic N) is 4. The smallest absolute Gasteiger partial charge is 0.319 e. The molecule has 1 aromatic heterocycles. The fraction of sp³-hybridized carbons (Fsp3) is 0.375. The third-order valence-corrected chi connectivity index (χ3v) is 8.40. The Morgan fingerprint density at radius 3 is 2.71 bits per heavy atom. The number of hydrogen-bond acceptors (Lipinski definition) is 7.